The molecule has 0 aromatic heterocycles. The van der Waals surface area contributed by atoms with Crippen molar-refractivity contribution < 1.29 is 34.8 Å². The number of hydrogen-bond acceptors (Lipinski definition) is 8. The van der Waals surface area contributed by atoms with Gasteiger partial charge in [-0.25, -0.2) is 4.79 Å². The Kier molecular flexibility index (Phi) is 3.87. The monoisotopic (exact) mass is 325 g/mol. The molecule has 0 spiro atoms. The van der Waals surface area contributed by atoms with Gasteiger partial charge < -0.3 is 30.0 Å². The Labute approximate surface area is 110 Å². The first-order valence-electron chi connectivity index (χ1n) is 5.22. The summed E-state index contributed by atoms with van der Waals surface area (Å²) in [5.74, 6) is -1.37. The van der Waals surface area contributed by atoms with Gasteiger partial charge in [-0.2, -0.15) is 0 Å². The van der Waals surface area contributed by atoms with Crippen molar-refractivity contribution in [3.63, 3.8) is 0 Å². The van der Waals surface area contributed by atoms with E-state index in [9.17, 15) is 20.1 Å². The van der Waals surface area contributed by atoms with E-state index in [1.807, 2.05) is 0 Å². The fourth-order valence-electron chi connectivity index (χ4n) is 1.94. The number of hydrogen-bond donors (Lipinski definition) is 4. The van der Waals surface area contributed by atoms with Gasteiger partial charge in [-0.1, -0.05) is 5.16 Å². The van der Waals surface area contributed by atoms with Crippen LogP contribution < -0.4 is 0 Å². The number of oxime groups is 1. The molecule has 0 aromatic carbocycles. The van der Waals surface area contributed by atoms with Crippen LogP contribution in [0.5, 0.6) is 0 Å². The normalized spacial score (nSPS) is 35.3. The summed E-state index contributed by atoms with van der Waals surface area (Å²) >= 11 is 3.07. The number of fused-ring (bicyclic) bond motifs is 1. The molecule has 0 aliphatic carbocycles. The fourth-order valence-corrected chi connectivity index (χ4v) is 2.53. The topological polar surface area (TPSA) is 129 Å². The number of halogens is 1. The number of carbonyl (C=O) groups is 1. The third-order valence-electron chi connectivity index (χ3n) is 2.96. The summed E-state index contributed by atoms with van der Waals surface area (Å²) in [6.45, 7) is -0.723. The first-order chi connectivity index (χ1) is 8.47. The Bertz CT molecular complexity index is 376. The van der Waals surface area contributed by atoms with Crippen molar-refractivity contribution in [2.24, 2.45) is 11.1 Å². The van der Waals surface area contributed by atoms with E-state index < -0.39 is 49.0 Å². The minimum Gasteiger partial charge on any atom is -0.456 e. The molecule has 0 amide bonds. The van der Waals surface area contributed by atoms with E-state index in [0.717, 1.165) is 0 Å². The van der Waals surface area contributed by atoms with E-state index in [0.29, 0.717) is 0 Å². The maximum Gasteiger partial charge on any atom is 0.351 e. The summed E-state index contributed by atoms with van der Waals surface area (Å²) in [7, 11) is 0. The summed E-state index contributed by atoms with van der Waals surface area (Å²) in [5.41, 5.74) is 0. The predicted molar refractivity (Wildman–Crippen MR) is 59.7 cm³/mol. The van der Waals surface area contributed by atoms with Gasteiger partial charge in [0.2, 0.25) is 6.10 Å². The second-order valence-corrected chi connectivity index (χ2v) is 4.91. The lowest BCUT2D eigenvalue weighted by molar-refractivity contribution is -0.159. The molecular weight excluding hydrogens is 314 g/mol. The van der Waals surface area contributed by atoms with Crippen LogP contribution in [0.15, 0.2) is 5.16 Å². The maximum absolute atomic E-state index is 11.4. The van der Waals surface area contributed by atoms with Crippen LogP contribution in [0.1, 0.15) is 0 Å². The van der Waals surface area contributed by atoms with Gasteiger partial charge in [0, 0.05) is 0 Å². The average Bonchev–Trinajstić information content (AvgIpc) is 2.89. The van der Waals surface area contributed by atoms with Gasteiger partial charge in [-0.3, -0.25) is 0 Å². The average molecular weight is 326 g/mol. The number of carbonyl (C=O) groups excluding carboxylic acids is 1. The summed E-state index contributed by atoms with van der Waals surface area (Å²) in [6.07, 6.45) is -6.80. The highest BCUT2D eigenvalue weighted by Crippen LogP contribution is 2.36. The molecule has 2 rings (SSSR count). The summed E-state index contributed by atoms with van der Waals surface area (Å²) in [5, 5.41) is 41.0. The maximum atomic E-state index is 11.4. The SMILES string of the molecule is O=C1O[C@H]([C@@H](O)[C@@H](O)[C@H](O)CO)[C@H]2C(Br)=NO[C@@H]12. The second kappa shape index (κ2) is 5.10. The standard InChI is InChI=1S/C9H12BrNO7/c10-8-3-6(5(15)4(14)2(13)1-12)17-9(16)7(3)18-11-8/h2-7,12-15H,1H2/t2-,3-,4+,5+,6+,7-/m1/s1. The number of rotatable bonds is 4. The summed E-state index contributed by atoms with van der Waals surface area (Å²) in [6, 6.07) is 0. The summed E-state index contributed by atoms with van der Waals surface area (Å²) < 4.78 is 5.18. The second-order valence-electron chi connectivity index (χ2n) is 4.10. The van der Waals surface area contributed by atoms with Gasteiger partial charge in [0.05, 0.1) is 6.61 Å². The fraction of sp³-hybridized carbons (Fsp3) is 0.778. The van der Waals surface area contributed by atoms with Crippen molar-refractivity contribution in [3.8, 4) is 0 Å². The quantitative estimate of drug-likeness (QED) is 0.428. The number of cyclic esters (lactones) is 1. The Hall–Kier alpha value is -0.740. The lowest BCUT2D eigenvalue weighted by atomic mass is 9.92. The predicted octanol–water partition coefficient (Wildman–Crippen LogP) is -2.29. The minimum atomic E-state index is -1.65. The molecular formula is C9H12BrNO7. The van der Waals surface area contributed by atoms with Crippen LogP contribution in [-0.2, 0) is 14.4 Å². The van der Waals surface area contributed by atoms with E-state index in [1.165, 1.54) is 0 Å². The molecule has 18 heavy (non-hydrogen) atoms. The molecule has 9 heteroatoms. The van der Waals surface area contributed by atoms with Crippen molar-refractivity contribution in [1.29, 1.82) is 0 Å². The molecule has 0 saturated carbocycles. The third-order valence-corrected chi connectivity index (χ3v) is 3.63. The van der Waals surface area contributed by atoms with Crippen LogP contribution in [0.4, 0.5) is 0 Å². The number of aliphatic hydroxyl groups is 4. The van der Waals surface area contributed by atoms with Crippen molar-refractivity contribution in [3.05, 3.63) is 0 Å². The Morgan fingerprint density at radius 1 is 1.39 bits per heavy atom. The molecule has 0 aromatic rings. The van der Waals surface area contributed by atoms with E-state index in [-0.39, 0.29) is 4.62 Å². The Morgan fingerprint density at radius 3 is 2.67 bits per heavy atom. The van der Waals surface area contributed by atoms with Crippen LogP contribution in [-0.4, -0.2) is 68.1 Å². The Balaban J connectivity index is 2.13. The highest BCUT2D eigenvalue weighted by atomic mass is 79.9. The molecule has 2 heterocycles. The number of aliphatic hydroxyl groups excluding tert-OH is 4. The van der Waals surface area contributed by atoms with Gasteiger partial charge in [0.25, 0.3) is 0 Å². The lowest BCUT2D eigenvalue weighted by Crippen LogP contribution is -2.48. The van der Waals surface area contributed by atoms with Crippen molar-refractivity contribution in [2.45, 2.75) is 30.5 Å². The first kappa shape index (κ1) is 13.7. The van der Waals surface area contributed by atoms with Crippen LogP contribution in [0.3, 0.4) is 0 Å². The highest BCUT2D eigenvalue weighted by molar-refractivity contribution is 9.18. The van der Waals surface area contributed by atoms with Gasteiger partial charge >= 0.3 is 5.97 Å². The van der Waals surface area contributed by atoms with E-state index in [1.54, 1.807) is 0 Å². The molecule has 1 fully saturated rings. The molecule has 2 aliphatic heterocycles. The highest BCUT2D eigenvalue weighted by Gasteiger charge is 2.56. The van der Waals surface area contributed by atoms with Crippen LogP contribution in [0.25, 0.3) is 0 Å². The van der Waals surface area contributed by atoms with Gasteiger partial charge in [0.15, 0.2) is 0 Å². The van der Waals surface area contributed by atoms with Crippen LogP contribution in [0, 0.1) is 5.92 Å². The number of esters is 1. The zero-order valence-electron chi connectivity index (χ0n) is 9.01. The molecule has 0 unspecified atom stereocenters. The molecule has 0 bridgehead atoms. The van der Waals surface area contributed by atoms with Crippen molar-refractivity contribution >= 4 is 26.5 Å². The molecule has 6 atom stereocenters. The zero-order valence-corrected chi connectivity index (χ0v) is 10.6. The largest absolute Gasteiger partial charge is 0.456 e. The van der Waals surface area contributed by atoms with E-state index in [2.05, 4.69) is 21.1 Å². The summed E-state index contributed by atoms with van der Waals surface area (Å²) in [4.78, 5) is 16.2. The van der Waals surface area contributed by atoms with Crippen molar-refractivity contribution in [1.82, 2.24) is 0 Å². The van der Waals surface area contributed by atoms with Gasteiger partial charge in [-0.05, 0) is 15.9 Å². The number of nitrogens with zero attached hydrogens (tertiary/aromatic N) is 1. The van der Waals surface area contributed by atoms with Crippen molar-refractivity contribution in [2.75, 3.05) is 6.61 Å². The molecule has 0 radical (unpaired) electrons. The number of ether oxygens (including phenoxy) is 1. The zero-order chi connectivity index (χ0) is 13.4. The smallest absolute Gasteiger partial charge is 0.351 e. The Morgan fingerprint density at radius 2 is 2.06 bits per heavy atom. The molecule has 8 nitrogen and oxygen atoms in total. The minimum absolute atomic E-state index is 0.285. The van der Waals surface area contributed by atoms with E-state index >= 15 is 0 Å². The van der Waals surface area contributed by atoms with Crippen LogP contribution >= 0.6 is 15.9 Å². The lowest BCUT2D eigenvalue weighted by Gasteiger charge is -2.27. The van der Waals surface area contributed by atoms with E-state index in [4.69, 9.17) is 14.7 Å². The van der Waals surface area contributed by atoms with Gasteiger partial charge in [0.1, 0.15) is 35.0 Å². The molecule has 4 N–H and O–H groups in total. The molecule has 1 saturated heterocycles. The third kappa shape index (κ3) is 2.12. The van der Waals surface area contributed by atoms with Gasteiger partial charge in [-0.15, -0.1) is 0 Å². The molecule has 2 aliphatic rings. The first-order valence-corrected chi connectivity index (χ1v) is 6.01. The molecule has 102 valence electrons. The van der Waals surface area contributed by atoms with Crippen LogP contribution in [0.2, 0.25) is 0 Å².